The van der Waals surface area contributed by atoms with Crippen molar-refractivity contribution in [2.75, 3.05) is 14.1 Å². The van der Waals surface area contributed by atoms with Gasteiger partial charge in [-0.15, -0.1) is 0 Å². The molecule has 0 aromatic heterocycles. The molecule has 40 valence electrons. The fourth-order valence-electron chi connectivity index (χ4n) is 0.112. The van der Waals surface area contributed by atoms with E-state index in [2.05, 4.69) is 10.3 Å². The minimum absolute atomic E-state index is 0. The van der Waals surface area contributed by atoms with E-state index in [9.17, 15) is 0 Å². The minimum atomic E-state index is 0. The van der Waals surface area contributed by atoms with Gasteiger partial charge in [-0.1, -0.05) is 0 Å². The number of nitrogens with one attached hydrogen (secondary N) is 1. The van der Waals surface area contributed by atoms with E-state index in [-0.39, 0.29) is 26.2 Å². The summed E-state index contributed by atoms with van der Waals surface area (Å²) in [6.45, 7) is 1.92. The van der Waals surface area contributed by atoms with Crippen LogP contribution in [0.25, 0.3) is 0 Å². The van der Waals surface area contributed by atoms with Crippen LogP contribution >= 0.6 is 0 Å². The topological polar surface area (TPSA) is 24.4 Å². The molecule has 0 bridgehead atoms. The van der Waals surface area contributed by atoms with Gasteiger partial charge < -0.3 is 5.32 Å². The van der Waals surface area contributed by atoms with Gasteiger partial charge in [0.05, 0.1) is 5.84 Å². The van der Waals surface area contributed by atoms with E-state index in [1.807, 2.05) is 14.0 Å². The summed E-state index contributed by atoms with van der Waals surface area (Å²) in [6, 6.07) is 0. The number of hydrogen-bond donors (Lipinski definition) is 1. The smallest absolute Gasteiger partial charge is 0.0925 e. The average molecular weight is 177 g/mol. The molecule has 0 aromatic carbocycles. The van der Waals surface area contributed by atoms with Crippen LogP contribution in [0.2, 0.25) is 0 Å². The zero-order chi connectivity index (χ0) is 4.99. The second-order valence-corrected chi connectivity index (χ2v) is 1.06. The Morgan fingerprint density at radius 2 is 2.00 bits per heavy atom. The van der Waals surface area contributed by atoms with Gasteiger partial charge in [-0.3, -0.25) is 4.99 Å². The van der Waals surface area contributed by atoms with E-state index in [1.54, 1.807) is 7.05 Å². The van der Waals surface area contributed by atoms with Gasteiger partial charge in [0.15, 0.2) is 0 Å². The van der Waals surface area contributed by atoms with E-state index in [1.165, 1.54) is 0 Å². The van der Waals surface area contributed by atoms with Gasteiger partial charge in [-0.2, -0.15) is 0 Å². The van der Waals surface area contributed by atoms with Gasteiger partial charge in [-0.05, 0) is 6.92 Å². The summed E-state index contributed by atoms with van der Waals surface area (Å²) in [5.41, 5.74) is 0. The van der Waals surface area contributed by atoms with Crippen LogP contribution in [0, 0.1) is 0 Å². The van der Waals surface area contributed by atoms with Crippen molar-refractivity contribution < 1.29 is 26.2 Å². The zero-order valence-electron chi connectivity index (χ0n) is 4.95. The van der Waals surface area contributed by atoms with Crippen LogP contribution in [0.5, 0.6) is 0 Å². The normalized spacial score (nSPS) is 9.86. The average Bonchev–Trinajstić information content (AvgIpc) is 1.65. The first-order chi connectivity index (χ1) is 2.81. The van der Waals surface area contributed by atoms with Gasteiger partial charge in [-0.25, -0.2) is 0 Å². The van der Waals surface area contributed by atoms with E-state index in [0.717, 1.165) is 5.84 Å². The molecule has 0 aliphatic rings. The first kappa shape index (κ1) is 10.4. The van der Waals surface area contributed by atoms with Gasteiger partial charge in [0.2, 0.25) is 0 Å². The maximum Gasteiger partial charge on any atom is 0.0925 e. The summed E-state index contributed by atoms with van der Waals surface area (Å²) >= 11 is 0. The standard InChI is InChI=1S/C4H10N2.Zr/c1-4(5-2)6-3;/h1-3H3,(H,5,6);. The number of hydrogen-bond acceptors (Lipinski definition) is 1. The maximum absolute atomic E-state index is 3.81. The molecule has 2 nitrogen and oxygen atoms in total. The summed E-state index contributed by atoms with van der Waals surface area (Å²) in [5.74, 6) is 0.968. The number of amidine groups is 1. The van der Waals surface area contributed by atoms with Crippen molar-refractivity contribution in [3.05, 3.63) is 0 Å². The first-order valence-electron chi connectivity index (χ1n) is 1.92. The van der Waals surface area contributed by atoms with Crippen LogP contribution in [0.15, 0.2) is 4.99 Å². The predicted molar refractivity (Wildman–Crippen MR) is 28.1 cm³/mol. The third-order valence-corrected chi connectivity index (χ3v) is 0.697. The summed E-state index contributed by atoms with van der Waals surface area (Å²) in [4.78, 5) is 3.81. The van der Waals surface area contributed by atoms with Crippen LogP contribution < -0.4 is 5.32 Å². The molecule has 0 atom stereocenters. The van der Waals surface area contributed by atoms with Crippen molar-refractivity contribution in [3.63, 3.8) is 0 Å². The van der Waals surface area contributed by atoms with Gasteiger partial charge >= 0.3 is 0 Å². The van der Waals surface area contributed by atoms with E-state index < -0.39 is 0 Å². The van der Waals surface area contributed by atoms with Crippen molar-refractivity contribution in [1.29, 1.82) is 0 Å². The molecular formula is C4H10N2Zr. The van der Waals surface area contributed by atoms with Crippen molar-refractivity contribution in [2.45, 2.75) is 6.92 Å². The number of aliphatic imine (C=N–C) groups is 1. The van der Waals surface area contributed by atoms with E-state index in [0.29, 0.717) is 0 Å². The Hall–Kier alpha value is 0.353. The second kappa shape index (κ2) is 6.35. The third kappa shape index (κ3) is 6.35. The van der Waals surface area contributed by atoms with E-state index in [4.69, 9.17) is 0 Å². The zero-order valence-corrected chi connectivity index (χ0v) is 7.41. The molecule has 0 spiro atoms. The molecule has 0 unspecified atom stereocenters. The van der Waals surface area contributed by atoms with Gasteiger partial charge in [0, 0.05) is 40.3 Å². The molecule has 0 radical (unpaired) electrons. The Labute approximate surface area is 63.5 Å². The summed E-state index contributed by atoms with van der Waals surface area (Å²) in [6.07, 6.45) is 0. The molecule has 0 saturated carbocycles. The van der Waals surface area contributed by atoms with Crippen LogP contribution in [0.1, 0.15) is 6.92 Å². The van der Waals surface area contributed by atoms with Crippen molar-refractivity contribution in [3.8, 4) is 0 Å². The molecule has 0 aliphatic heterocycles. The molecule has 0 heterocycles. The second-order valence-electron chi connectivity index (χ2n) is 1.06. The van der Waals surface area contributed by atoms with Gasteiger partial charge in [0.25, 0.3) is 0 Å². The summed E-state index contributed by atoms with van der Waals surface area (Å²) in [5, 5.41) is 2.86. The summed E-state index contributed by atoms with van der Waals surface area (Å²) in [7, 11) is 3.61. The molecule has 3 heteroatoms. The molecule has 0 fully saturated rings. The molecule has 0 rings (SSSR count). The molecule has 0 amide bonds. The first-order valence-corrected chi connectivity index (χ1v) is 1.92. The third-order valence-electron chi connectivity index (χ3n) is 0.697. The Kier molecular flexibility index (Phi) is 9.40. The molecule has 0 aliphatic carbocycles. The molecule has 1 N–H and O–H groups in total. The fraction of sp³-hybridized carbons (Fsp3) is 0.750. The number of rotatable bonds is 0. The Balaban J connectivity index is 0. The Morgan fingerprint density at radius 1 is 1.57 bits per heavy atom. The van der Waals surface area contributed by atoms with Crippen LogP contribution in [0.4, 0.5) is 0 Å². The summed E-state index contributed by atoms with van der Waals surface area (Å²) < 4.78 is 0. The molecule has 0 saturated heterocycles. The predicted octanol–water partition coefficient (Wildman–Crippen LogP) is 0.252. The minimum Gasteiger partial charge on any atom is -0.377 e. The SMILES string of the molecule is CN=C(C)NC.[Zr]. The Morgan fingerprint density at radius 3 is 2.00 bits per heavy atom. The van der Waals surface area contributed by atoms with Gasteiger partial charge in [0.1, 0.15) is 0 Å². The molecule has 7 heavy (non-hydrogen) atoms. The fourth-order valence-corrected chi connectivity index (χ4v) is 0.112. The van der Waals surface area contributed by atoms with Crippen molar-refractivity contribution >= 4 is 5.84 Å². The van der Waals surface area contributed by atoms with Crippen LogP contribution in [0.3, 0.4) is 0 Å². The molecule has 0 aromatic rings. The van der Waals surface area contributed by atoms with E-state index >= 15 is 0 Å². The number of nitrogens with zero attached hydrogens (tertiary/aromatic N) is 1. The van der Waals surface area contributed by atoms with Crippen molar-refractivity contribution in [2.24, 2.45) is 4.99 Å². The largest absolute Gasteiger partial charge is 0.377 e. The maximum atomic E-state index is 3.81. The monoisotopic (exact) mass is 176 g/mol. The Bertz CT molecular complexity index is 60.7. The molecular weight excluding hydrogens is 167 g/mol. The van der Waals surface area contributed by atoms with Crippen molar-refractivity contribution in [1.82, 2.24) is 5.32 Å². The van der Waals surface area contributed by atoms with Crippen LogP contribution in [-0.2, 0) is 26.2 Å². The van der Waals surface area contributed by atoms with Crippen LogP contribution in [-0.4, -0.2) is 19.9 Å². The quantitative estimate of drug-likeness (QED) is 0.416.